The number of hydrogen-bond acceptors (Lipinski definition) is 0. The van der Waals surface area contributed by atoms with E-state index in [1.807, 2.05) is 0 Å². The van der Waals surface area contributed by atoms with Crippen LogP contribution in [0.3, 0.4) is 0 Å². The second kappa shape index (κ2) is 4.52. The van der Waals surface area contributed by atoms with Crippen LogP contribution >= 0.6 is 11.1 Å². The van der Waals surface area contributed by atoms with Crippen LogP contribution in [-0.2, 0) is 0 Å². The monoisotopic (exact) mass is 276 g/mol. The highest BCUT2D eigenvalue weighted by Crippen LogP contribution is 2.57. The van der Waals surface area contributed by atoms with E-state index in [0.717, 1.165) is 41.4 Å². The third-order valence-corrected chi connectivity index (χ3v) is 7.25. The van der Waals surface area contributed by atoms with E-state index >= 15 is 0 Å². The molecule has 0 heterocycles. The average molecular weight is 277 g/mol. The molecule has 2 heteroatoms. The normalized spacial score (nSPS) is 49.4. The number of allylic oxidation sites excluding steroid dienone is 4. The zero-order valence-electron chi connectivity index (χ0n) is 10.8. The first-order chi connectivity index (χ1) is 8.88. The molecule has 2 saturated carbocycles. The maximum Gasteiger partial charge on any atom is 0.172 e. The first kappa shape index (κ1) is 11.8. The van der Waals surface area contributed by atoms with Crippen molar-refractivity contribution in [1.29, 1.82) is 0 Å². The Labute approximate surface area is 117 Å². The molecule has 2 radical (unpaired) electrons. The van der Waals surface area contributed by atoms with Crippen LogP contribution in [0.1, 0.15) is 25.7 Å². The van der Waals surface area contributed by atoms with E-state index in [2.05, 4.69) is 24.3 Å². The Hall–Kier alpha value is -0.0131. The topological polar surface area (TPSA) is 0 Å². The summed E-state index contributed by atoms with van der Waals surface area (Å²) in [6.45, 7) is 0. The van der Waals surface area contributed by atoms with E-state index in [4.69, 9.17) is 11.1 Å². The zero-order chi connectivity index (χ0) is 12.1. The fourth-order valence-corrected chi connectivity index (χ4v) is 6.79. The minimum absolute atomic E-state index is 0.622. The van der Waals surface area contributed by atoms with E-state index < -0.39 is 0 Å². The van der Waals surface area contributed by atoms with Gasteiger partial charge in [-0.1, -0.05) is 24.3 Å². The van der Waals surface area contributed by atoms with Crippen molar-refractivity contribution in [1.82, 2.24) is 0 Å². The molecule has 0 aromatic heterocycles. The maximum atomic E-state index is 6.17. The van der Waals surface area contributed by atoms with Gasteiger partial charge >= 0.3 is 0 Å². The van der Waals surface area contributed by atoms with Crippen molar-refractivity contribution >= 4 is 19.9 Å². The molecule has 4 rings (SSSR count). The summed E-state index contributed by atoms with van der Waals surface area (Å²) in [4.78, 5) is 0. The van der Waals surface area contributed by atoms with E-state index in [1.165, 1.54) is 31.7 Å². The van der Waals surface area contributed by atoms with Crippen LogP contribution in [-0.4, -0.2) is 8.83 Å². The van der Waals surface area contributed by atoms with Crippen LogP contribution in [0.15, 0.2) is 24.3 Å². The minimum atomic E-state index is 0.622. The van der Waals surface area contributed by atoms with Crippen molar-refractivity contribution in [2.75, 3.05) is 0 Å². The van der Waals surface area contributed by atoms with E-state index in [0.29, 0.717) is 8.83 Å². The third kappa shape index (κ3) is 1.63. The molecular weight excluding hydrogens is 256 g/mol. The maximum absolute atomic E-state index is 6.17. The van der Waals surface area contributed by atoms with E-state index in [1.54, 1.807) is 0 Å². The molecule has 4 unspecified atom stereocenters. The summed E-state index contributed by atoms with van der Waals surface area (Å²) in [5, 5.41) is 0. The summed E-state index contributed by atoms with van der Waals surface area (Å²) in [5.41, 5.74) is 0. The van der Waals surface area contributed by atoms with Gasteiger partial charge in [-0.3, -0.25) is 0 Å². The molecule has 0 spiro atoms. The summed E-state index contributed by atoms with van der Waals surface area (Å²) in [5.74, 6) is 6.39. The van der Waals surface area contributed by atoms with Gasteiger partial charge < -0.3 is 0 Å². The molecule has 0 aliphatic heterocycles. The number of halogens is 1. The van der Waals surface area contributed by atoms with Crippen molar-refractivity contribution < 1.29 is 0 Å². The molecule has 96 valence electrons. The predicted molar refractivity (Wildman–Crippen MR) is 77.6 cm³/mol. The Morgan fingerprint density at radius 2 is 1.22 bits per heavy atom. The summed E-state index contributed by atoms with van der Waals surface area (Å²) >= 11 is 6.17. The Balaban J connectivity index is 1.59. The zero-order valence-corrected chi connectivity index (χ0v) is 12.5. The van der Waals surface area contributed by atoms with Crippen LogP contribution in [0.2, 0.25) is 6.04 Å². The molecular formula is C16H21ClSi. The van der Waals surface area contributed by atoms with Crippen LogP contribution < -0.4 is 0 Å². The molecule has 4 aliphatic carbocycles. The fourth-order valence-electron chi connectivity index (χ4n) is 5.53. The van der Waals surface area contributed by atoms with Crippen LogP contribution in [0.25, 0.3) is 0 Å². The molecule has 2 fully saturated rings. The summed E-state index contributed by atoms with van der Waals surface area (Å²) in [6, 6.07) is 1.28. The highest BCUT2D eigenvalue weighted by Gasteiger charge is 2.50. The van der Waals surface area contributed by atoms with Gasteiger partial charge in [-0.15, -0.1) is 0 Å². The second-order valence-corrected chi connectivity index (χ2v) is 8.21. The van der Waals surface area contributed by atoms with Crippen molar-refractivity contribution in [2.24, 2.45) is 41.4 Å². The molecule has 4 bridgehead atoms. The number of hydrogen-bond donors (Lipinski definition) is 0. The predicted octanol–water partition coefficient (Wildman–Crippen LogP) is 4.30. The molecule has 0 saturated heterocycles. The van der Waals surface area contributed by atoms with Gasteiger partial charge in [-0.05, 0) is 73.2 Å². The van der Waals surface area contributed by atoms with Crippen LogP contribution in [0.5, 0.6) is 0 Å². The Kier molecular flexibility index (Phi) is 2.96. The summed E-state index contributed by atoms with van der Waals surface area (Å²) in [6.07, 6.45) is 15.9. The van der Waals surface area contributed by atoms with Gasteiger partial charge in [0.05, 0.1) is 0 Å². The number of fused-ring (bicyclic) bond motifs is 4. The molecule has 0 nitrogen and oxygen atoms in total. The molecule has 0 N–H and O–H groups in total. The molecule has 4 atom stereocenters. The lowest BCUT2D eigenvalue weighted by atomic mass is 9.72. The molecule has 18 heavy (non-hydrogen) atoms. The molecule has 4 aliphatic rings. The van der Waals surface area contributed by atoms with Gasteiger partial charge in [0.25, 0.3) is 0 Å². The lowest BCUT2D eigenvalue weighted by Gasteiger charge is -2.35. The first-order valence-corrected chi connectivity index (χ1v) is 9.80. The molecule has 0 aromatic carbocycles. The average Bonchev–Trinajstić information content (AvgIpc) is 3.17. The van der Waals surface area contributed by atoms with Crippen molar-refractivity contribution in [3.8, 4) is 0 Å². The first-order valence-electron chi connectivity index (χ1n) is 7.58. The fraction of sp³-hybridized carbons (Fsp3) is 0.750. The van der Waals surface area contributed by atoms with Crippen molar-refractivity contribution in [3.63, 3.8) is 0 Å². The Morgan fingerprint density at radius 3 is 1.50 bits per heavy atom. The Bertz CT molecular complexity index is 327. The van der Waals surface area contributed by atoms with E-state index in [9.17, 15) is 0 Å². The quantitative estimate of drug-likeness (QED) is 0.408. The van der Waals surface area contributed by atoms with E-state index in [-0.39, 0.29) is 0 Å². The smallest absolute Gasteiger partial charge is 0.171 e. The summed E-state index contributed by atoms with van der Waals surface area (Å²) in [7, 11) is 0.622. The third-order valence-electron chi connectivity index (χ3n) is 6.16. The van der Waals surface area contributed by atoms with Gasteiger partial charge in [0.2, 0.25) is 0 Å². The standard InChI is InChI=1S/C16H21ClSi/c17-18-9-14(15-10-1-2-11(15)4-3-10)16-12-5-6-13(16)8-7-12/h1-2,5-6,10-16H,3-4,7-9H2. The highest BCUT2D eigenvalue weighted by atomic mass is 35.6. The van der Waals surface area contributed by atoms with Crippen molar-refractivity contribution in [3.05, 3.63) is 24.3 Å². The van der Waals surface area contributed by atoms with Gasteiger partial charge in [-0.25, -0.2) is 0 Å². The van der Waals surface area contributed by atoms with Crippen LogP contribution in [0, 0.1) is 41.4 Å². The summed E-state index contributed by atoms with van der Waals surface area (Å²) < 4.78 is 0. The van der Waals surface area contributed by atoms with Crippen molar-refractivity contribution in [2.45, 2.75) is 31.7 Å². The molecule has 0 amide bonds. The van der Waals surface area contributed by atoms with Gasteiger partial charge in [0.15, 0.2) is 8.83 Å². The lowest BCUT2D eigenvalue weighted by Crippen LogP contribution is -2.30. The highest BCUT2D eigenvalue weighted by molar-refractivity contribution is 6.93. The Morgan fingerprint density at radius 1 is 0.833 bits per heavy atom. The van der Waals surface area contributed by atoms with Crippen LogP contribution in [0.4, 0.5) is 0 Å². The van der Waals surface area contributed by atoms with Gasteiger partial charge in [0.1, 0.15) is 0 Å². The minimum Gasteiger partial charge on any atom is -0.171 e. The SMILES string of the molecule is Cl[Si]CC(C1C2C=CC1CC2)C1C2C=CC1CC2. The number of rotatable bonds is 4. The van der Waals surface area contributed by atoms with Gasteiger partial charge in [0, 0.05) is 0 Å². The molecule has 0 aromatic rings. The largest absolute Gasteiger partial charge is 0.172 e. The van der Waals surface area contributed by atoms with Gasteiger partial charge in [-0.2, -0.15) is 11.1 Å². The lowest BCUT2D eigenvalue weighted by molar-refractivity contribution is 0.174. The second-order valence-electron chi connectivity index (χ2n) is 6.74.